The highest BCUT2D eigenvalue weighted by atomic mass is 16.4. The minimum Gasteiger partial charge on any atom is -0.480 e. The largest absolute Gasteiger partial charge is 0.480 e. The maximum Gasteiger partial charge on any atom is 0.323 e. The molecule has 0 radical (unpaired) electrons. The molecular weight excluding hydrogens is 250 g/mol. The summed E-state index contributed by atoms with van der Waals surface area (Å²) < 4.78 is 0. The molecule has 0 amide bonds. The number of carboxylic acid groups (broad SMARTS) is 1. The molecule has 20 heavy (non-hydrogen) atoms. The van der Waals surface area contributed by atoms with E-state index >= 15 is 0 Å². The van der Waals surface area contributed by atoms with Gasteiger partial charge in [-0.3, -0.25) is 4.79 Å². The van der Waals surface area contributed by atoms with E-state index in [4.69, 9.17) is 0 Å². The van der Waals surface area contributed by atoms with Gasteiger partial charge in [-0.05, 0) is 36.8 Å². The van der Waals surface area contributed by atoms with E-state index in [1.165, 1.54) is 0 Å². The van der Waals surface area contributed by atoms with E-state index in [9.17, 15) is 9.90 Å². The second kappa shape index (κ2) is 7.93. The number of rotatable bonds is 8. The monoisotopic (exact) mass is 277 g/mol. The first-order valence-corrected chi connectivity index (χ1v) is 7.43. The summed E-state index contributed by atoms with van der Waals surface area (Å²) in [6, 6.07) is 10.2. The first-order valence-electron chi connectivity index (χ1n) is 7.43. The molecule has 0 bridgehead atoms. The molecule has 1 aromatic rings. The number of hydrogen-bond acceptors (Lipinski definition) is 2. The summed E-state index contributed by atoms with van der Waals surface area (Å²) in [6.07, 6.45) is 2.03. The molecule has 0 aliphatic carbocycles. The highest BCUT2D eigenvalue weighted by molar-refractivity contribution is 5.74. The molecule has 0 unspecified atom stereocenters. The average molecular weight is 277 g/mol. The molecule has 0 saturated heterocycles. The van der Waals surface area contributed by atoms with Crippen molar-refractivity contribution < 1.29 is 9.90 Å². The van der Waals surface area contributed by atoms with Crippen LogP contribution in [0.4, 0.5) is 5.69 Å². The maximum absolute atomic E-state index is 11.2. The molecule has 3 heteroatoms. The lowest BCUT2D eigenvalue weighted by Gasteiger charge is -2.34. The van der Waals surface area contributed by atoms with Crippen molar-refractivity contribution in [2.75, 3.05) is 11.4 Å². The number of nitrogens with zero attached hydrogens (tertiary/aromatic N) is 1. The highest BCUT2D eigenvalue weighted by Crippen LogP contribution is 2.25. The zero-order chi connectivity index (χ0) is 15.1. The third-order valence-electron chi connectivity index (χ3n) is 3.32. The van der Waals surface area contributed by atoms with Crippen molar-refractivity contribution in [2.24, 2.45) is 11.8 Å². The van der Waals surface area contributed by atoms with Gasteiger partial charge in [-0.25, -0.2) is 0 Å². The molecule has 0 atom stereocenters. The van der Waals surface area contributed by atoms with Gasteiger partial charge in [0.05, 0.1) is 0 Å². The summed E-state index contributed by atoms with van der Waals surface area (Å²) in [5.41, 5.74) is 1.00. The van der Waals surface area contributed by atoms with E-state index < -0.39 is 5.97 Å². The van der Waals surface area contributed by atoms with Crippen LogP contribution in [0.1, 0.15) is 40.5 Å². The van der Waals surface area contributed by atoms with Crippen LogP contribution < -0.4 is 4.90 Å². The molecule has 112 valence electrons. The topological polar surface area (TPSA) is 40.5 Å². The lowest BCUT2D eigenvalue weighted by Crippen LogP contribution is -2.41. The number of aliphatic carboxylic acids is 1. The van der Waals surface area contributed by atoms with E-state index in [1.54, 1.807) is 0 Å². The molecule has 0 saturated carbocycles. The van der Waals surface area contributed by atoms with Crippen LogP contribution in [-0.2, 0) is 4.79 Å². The first-order chi connectivity index (χ1) is 9.40. The fraction of sp³-hybridized carbons (Fsp3) is 0.588. The van der Waals surface area contributed by atoms with Crippen LogP contribution in [0.25, 0.3) is 0 Å². The van der Waals surface area contributed by atoms with Gasteiger partial charge in [-0.15, -0.1) is 0 Å². The lowest BCUT2D eigenvalue weighted by atomic mass is 9.94. The Hall–Kier alpha value is -1.51. The first kappa shape index (κ1) is 16.5. The summed E-state index contributed by atoms with van der Waals surface area (Å²) >= 11 is 0. The van der Waals surface area contributed by atoms with Crippen LogP contribution in [0.3, 0.4) is 0 Å². The van der Waals surface area contributed by atoms with Gasteiger partial charge in [0.15, 0.2) is 0 Å². The molecule has 1 rings (SSSR count). The normalized spacial score (nSPS) is 11.3. The Balaban J connectivity index is 3.00. The third-order valence-corrected chi connectivity index (χ3v) is 3.32. The van der Waals surface area contributed by atoms with Crippen LogP contribution in [0.15, 0.2) is 30.3 Å². The third kappa shape index (κ3) is 5.64. The molecule has 0 spiro atoms. The second-order valence-electron chi connectivity index (χ2n) is 6.27. The Morgan fingerprint density at radius 1 is 1.05 bits per heavy atom. The zero-order valence-corrected chi connectivity index (χ0v) is 13.0. The smallest absolute Gasteiger partial charge is 0.323 e. The molecule has 1 N–H and O–H groups in total. The number of carbonyl (C=O) groups is 1. The van der Waals surface area contributed by atoms with Gasteiger partial charge in [0.1, 0.15) is 6.54 Å². The minimum absolute atomic E-state index is 0.0636. The van der Waals surface area contributed by atoms with Crippen LogP contribution in [0.2, 0.25) is 0 Å². The highest BCUT2D eigenvalue weighted by Gasteiger charge is 2.23. The summed E-state index contributed by atoms with van der Waals surface area (Å²) in [5, 5.41) is 9.22. The number of hydrogen-bond donors (Lipinski definition) is 1. The van der Waals surface area contributed by atoms with Crippen molar-refractivity contribution in [3.8, 4) is 0 Å². The van der Waals surface area contributed by atoms with Crippen molar-refractivity contribution >= 4 is 11.7 Å². The predicted molar refractivity (Wildman–Crippen MR) is 84.1 cm³/mol. The van der Waals surface area contributed by atoms with Gasteiger partial charge >= 0.3 is 5.97 Å². The van der Waals surface area contributed by atoms with E-state index in [0.29, 0.717) is 11.8 Å². The number of anilines is 1. The standard InChI is InChI=1S/C17H27NO2/c1-13(2)10-16(11-14(3)4)18(12-17(19)20)15-8-6-5-7-9-15/h5-9,13-14,16H,10-12H2,1-4H3,(H,19,20). The van der Waals surface area contributed by atoms with E-state index in [-0.39, 0.29) is 12.6 Å². The average Bonchev–Trinajstić information content (AvgIpc) is 2.35. The van der Waals surface area contributed by atoms with Gasteiger partial charge < -0.3 is 10.0 Å². The summed E-state index contributed by atoms with van der Waals surface area (Å²) in [6.45, 7) is 8.83. The van der Waals surface area contributed by atoms with E-state index in [1.807, 2.05) is 35.2 Å². The Morgan fingerprint density at radius 2 is 1.55 bits per heavy atom. The minimum atomic E-state index is -0.772. The van der Waals surface area contributed by atoms with Crippen molar-refractivity contribution in [1.82, 2.24) is 0 Å². The molecule has 3 nitrogen and oxygen atoms in total. The van der Waals surface area contributed by atoms with Crippen LogP contribution in [0, 0.1) is 11.8 Å². The zero-order valence-electron chi connectivity index (χ0n) is 13.0. The quantitative estimate of drug-likeness (QED) is 0.779. The fourth-order valence-corrected chi connectivity index (χ4v) is 2.64. The van der Waals surface area contributed by atoms with Crippen molar-refractivity contribution in [3.05, 3.63) is 30.3 Å². The molecule has 1 aromatic carbocycles. The Labute approximate surface area is 122 Å². The molecule has 0 fully saturated rings. The summed E-state index contributed by atoms with van der Waals surface area (Å²) in [7, 11) is 0. The van der Waals surface area contributed by atoms with Crippen LogP contribution in [-0.4, -0.2) is 23.7 Å². The predicted octanol–water partition coefficient (Wildman–Crippen LogP) is 4.04. The molecule has 0 aliphatic rings. The van der Waals surface area contributed by atoms with E-state index in [0.717, 1.165) is 18.5 Å². The molecule has 0 aromatic heterocycles. The van der Waals surface area contributed by atoms with Crippen molar-refractivity contribution in [3.63, 3.8) is 0 Å². The molecular formula is C17H27NO2. The van der Waals surface area contributed by atoms with Gasteiger partial charge in [0, 0.05) is 11.7 Å². The lowest BCUT2D eigenvalue weighted by molar-refractivity contribution is -0.135. The van der Waals surface area contributed by atoms with Gasteiger partial charge in [0.25, 0.3) is 0 Å². The van der Waals surface area contributed by atoms with E-state index in [2.05, 4.69) is 27.7 Å². The van der Waals surface area contributed by atoms with Gasteiger partial charge in [-0.1, -0.05) is 45.9 Å². The number of benzene rings is 1. The van der Waals surface area contributed by atoms with Crippen molar-refractivity contribution in [2.45, 2.75) is 46.6 Å². The maximum atomic E-state index is 11.2. The Morgan fingerprint density at radius 3 is 1.95 bits per heavy atom. The van der Waals surface area contributed by atoms with Gasteiger partial charge in [0.2, 0.25) is 0 Å². The van der Waals surface area contributed by atoms with Crippen LogP contribution in [0.5, 0.6) is 0 Å². The summed E-state index contributed by atoms with van der Waals surface area (Å²) in [5.74, 6) is 0.337. The van der Waals surface area contributed by atoms with Crippen molar-refractivity contribution in [1.29, 1.82) is 0 Å². The molecule has 0 heterocycles. The van der Waals surface area contributed by atoms with Crippen LogP contribution >= 0.6 is 0 Å². The fourth-order valence-electron chi connectivity index (χ4n) is 2.64. The number of para-hydroxylation sites is 1. The Bertz CT molecular complexity index is 391. The van der Waals surface area contributed by atoms with Gasteiger partial charge in [-0.2, -0.15) is 0 Å². The summed E-state index contributed by atoms with van der Waals surface area (Å²) in [4.78, 5) is 13.3. The second-order valence-corrected chi connectivity index (χ2v) is 6.27. The number of carboxylic acids is 1. The molecule has 0 aliphatic heterocycles. The SMILES string of the molecule is CC(C)CC(CC(C)C)N(CC(=O)O)c1ccccc1. The Kier molecular flexibility index (Phi) is 6.56.